The summed E-state index contributed by atoms with van der Waals surface area (Å²) in [5, 5.41) is 0. The minimum absolute atomic E-state index is 0.293. The van der Waals surface area contributed by atoms with E-state index in [9.17, 15) is 4.79 Å². The Kier molecular flexibility index (Phi) is 4.99. The van der Waals surface area contributed by atoms with Gasteiger partial charge in [-0.25, -0.2) is 4.79 Å². The molecule has 0 N–H and O–H groups in total. The van der Waals surface area contributed by atoms with Crippen molar-refractivity contribution in [2.24, 2.45) is 5.92 Å². The number of likely N-dealkylation sites (tertiary alicyclic amines) is 1. The van der Waals surface area contributed by atoms with Gasteiger partial charge < -0.3 is 14.2 Å². The molecule has 23 heavy (non-hydrogen) atoms. The van der Waals surface area contributed by atoms with E-state index in [-0.39, 0.29) is 5.97 Å². The monoisotopic (exact) mass is 319 g/mol. The van der Waals surface area contributed by atoms with Crippen molar-refractivity contribution in [3.05, 3.63) is 35.4 Å². The first-order valence-electron chi connectivity index (χ1n) is 8.28. The second-order valence-corrected chi connectivity index (χ2v) is 6.48. The molecule has 126 valence electrons. The first kappa shape index (κ1) is 16.4. The van der Waals surface area contributed by atoms with Gasteiger partial charge in [-0.05, 0) is 44.0 Å². The van der Waals surface area contributed by atoms with Crippen molar-refractivity contribution in [3.63, 3.8) is 0 Å². The minimum atomic E-state index is -0.423. The maximum absolute atomic E-state index is 11.5. The number of methoxy groups -OCH3 is 1. The summed E-state index contributed by atoms with van der Waals surface area (Å²) >= 11 is 0. The number of carbonyl (C=O) groups excluding carboxylic acids is 1. The van der Waals surface area contributed by atoms with Gasteiger partial charge in [-0.1, -0.05) is 12.1 Å². The first-order chi connectivity index (χ1) is 11.1. The van der Waals surface area contributed by atoms with Gasteiger partial charge in [-0.2, -0.15) is 0 Å². The molecule has 0 radical (unpaired) electrons. The molecule has 2 aliphatic rings. The normalized spacial score (nSPS) is 24.5. The number of hydrogen-bond acceptors (Lipinski definition) is 5. The zero-order valence-electron chi connectivity index (χ0n) is 13.9. The van der Waals surface area contributed by atoms with Crippen molar-refractivity contribution in [1.29, 1.82) is 0 Å². The molecule has 3 rings (SSSR count). The van der Waals surface area contributed by atoms with Crippen LogP contribution in [0.15, 0.2) is 24.3 Å². The number of rotatable bonds is 4. The smallest absolute Gasteiger partial charge is 0.337 e. The molecule has 2 aliphatic heterocycles. The van der Waals surface area contributed by atoms with Crippen LogP contribution in [0.5, 0.6) is 0 Å². The molecule has 0 aliphatic carbocycles. The molecule has 5 heteroatoms. The van der Waals surface area contributed by atoms with Crippen LogP contribution in [0.25, 0.3) is 0 Å². The number of ether oxygens (including phenoxy) is 3. The molecule has 2 fully saturated rings. The van der Waals surface area contributed by atoms with Crippen LogP contribution in [0.1, 0.15) is 35.7 Å². The Hall–Kier alpha value is -1.43. The SMILES string of the molecule is COC(=O)c1ccc(CN2CCC[C@H](C3(C)OCCO3)C2)cc1. The fraction of sp³-hybridized carbons (Fsp3) is 0.611. The summed E-state index contributed by atoms with van der Waals surface area (Å²) < 4.78 is 16.4. The van der Waals surface area contributed by atoms with Crippen LogP contribution in [0.3, 0.4) is 0 Å². The number of benzene rings is 1. The van der Waals surface area contributed by atoms with Crippen molar-refractivity contribution < 1.29 is 19.0 Å². The van der Waals surface area contributed by atoms with Crippen LogP contribution >= 0.6 is 0 Å². The van der Waals surface area contributed by atoms with Crippen LogP contribution < -0.4 is 0 Å². The highest BCUT2D eigenvalue weighted by Crippen LogP contribution is 2.34. The van der Waals surface area contributed by atoms with Gasteiger partial charge in [0.2, 0.25) is 0 Å². The van der Waals surface area contributed by atoms with Gasteiger partial charge in [0.1, 0.15) is 0 Å². The van der Waals surface area contributed by atoms with E-state index in [1.165, 1.54) is 12.7 Å². The van der Waals surface area contributed by atoms with Gasteiger partial charge in [-0.15, -0.1) is 0 Å². The van der Waals surface area contributed by atoms with Gasteiger partial charge in [0, 0.05) is 19.0 Å². The molecule has 2 saturated heterocycles. The quantitative estimate of drug-likeness (QED) is 0.798. The molecule has 0 spiro atoms. The molecule has 0 aromatic heterocycles. The van der Waals surface area contributed by atoms with E-state index in [1.54, 1.807) is 0 Å². The third kappa shape index (κ3) is 3.74. The summed E-state index contributed by atoms with van der Waals surface area (Å²) in [6.07, 6.45) is 2.31. The van der Waals surface area contributed by atoms with E-state index < -0.39 is 5.79 Å². The largest absolute Gasteiger partial charge is 0.465 e. The van der Waals surface area contributed by atoms with E-state index in [1.807, 2.05) is 24.3 Å². The second kappa shape index (κ2) is 6.99. The van der Waals surface area contributed by atoms with E-state index in [0.717, 1.165) is 32.5 Å². The highest BCUT2D eigenvalue weighted by Gasteiger charge is 2.41. The Bertz CT molecular complexity index is 536. The Balaban J connectivity index is 1.60. The third-order valence-electron chi connectivity index (χ3n) is 4.89. The van der Waals surface area contributed by atoms with Crippen molar-refractivity contribution in [2.75, 3.05) is 33.4 Å². The van der Waals surface area contributed by atoms with Crippen LogP contribution in [0.2, 0.25) is 0 Å². The molecule has 0 unspecified atom stereocenters. The number of nitrogens with zero attached hydrogens (tertiary/aromatic N) is 1. The second-order valence-electron chi connectivity index (χ2n) is 6.48. The maximum Gasteiger partial charge on any atom is 0.337 e. The Morgan fingerprint density at radius 2 is 2.00 bits per heavy atom. The lowest BCUT2D eigenvalue weighted by molar-refractivity contribution is -0.192. The third-order valence-corrected chi connectivity index (χ3v) is 4.89. The molecule has 0 bridgehead atoms. The average Bonchev–Trinajstić information content (AvgIpc) is 3.03. The topological polar surface area (TPSA) is 48.0 Å². The lowest BCUT2D eigenvalue weighted by Gasteiger charge is -2.40. The molecular formula is C18H25NO4. The van der Waals surface area contributed by atoms with Crippen molar-refractivity contribution >= 4 is 5.97 Å². The zero-order chi connectivity index (χ0) is 16.3. The fourth-order valence-corrected chi connectivity index (χ4v) is 3.52. The highest BCUT2D eigenvalue weighted by atomic mass is 16.7. The molecule has 1 aromatic rings. The number of piperidine rings is 1. The number of carbonyl (C=O) groups is 1. The van der Waals surface area contributed by atoms with Crippen molar-refractivity contribution in [1.82, 2.24) is 4.90 Å². The number of hydrogen-bond donors (Lipinski definition) is 0. The van der Waals surface area contributed by atoms with Crippen LogP contribution in [0, 0.1) is 5.92 Å². The molecular weight excluding hydrogens is 294 g/mol. The van der Waals surface area contributed by atoms with Gasteiger partial charge in [0.05, 0.1) is 25.9 Å². The van der Waals surface area contributed by atoms with Gasteiger partial charge in [0.15, 0.2) is 5.79 Å². The molecule has 0 amide bonds. The maximum atomic E-state index is 11.5. The Morgan fingerprint density at radius 1 is 1.30 bits per heavy atom. The summed E-state index contributed by atoms with van der Waals surface area (Å²) in [7, 11) is 1.40. The molecule has 5 nitrogen and oxygen atoms in total. The van der Waals surface area contributed by atoms with E-state index in [2.05, 4.69) is 11.8 Å². The molecule has 1 aromatic carbocycles. The zero-order valence-corrected chi connectivity index (χ0v) is 13.9. The predicted molar refractivity (Wildman–Crippen MR) is 86.1 cm³/mol. The average molecular weight is 319 g/mol. The summed E-state index contributed by atoms with van der Waals surface area (Å²) in [6, 6.07) is 7.65. The highest BCUT2D eigenvalue weighted by molar-refractivity contribution is 5.89. The minimum Gasteiger partial charge on any atom is -0.465 e. The van der Waals surface area contributed by atoms with E-state index in [0.29, 0.717) is 24.7 Å². The number of esters is 1. The molecule has 1 atom stereocenters. The Labute approximate surface area is 137 Å². The van der Waals surface area contributed by atoms with E-state index >= 15 is 0 Å². The van der Waals surface area contributed by atoms with Gasteiger partial charge >= 0.3 is 5.97 Å². The lowest BCUT2D eigenvalue weighted by Crippen LogP contribution is -2.46. The molecule has 2 heterocycles. The fourth-order valence-electron chi connectivity index (χ4n) is 3.52. The lowest BCUT2D eigenvalue weighted by atomic mass is 9.90. The van der Waals surface area contributed by atoms with Crippen molar-refractivity contribution in [2.45, 2.75) is 32.1 Å². The summed E-state index contributed by atoms with van der Waals surface area (Å²) in [5.41, 5.74) is 1.80. The standard InChI is InChI=1S/C18H25NO4/c1-18(22-10-11-23-18)16-4-3-9-19(13-16)12-14-5-7-15(8-6-14)17(20)21-2/h5-8,16H,3-4,9-13H2,1-2H3/t16-/m0/s1. The first-order valence-corrected chi connectivity index (χ1v) is 8.28. The van der Waals surface area contributed by atoms with Gasteiger partial charge in [-0.3, -0.25) is 4.90 Å². The molecule has 0 saturated carbocycles. The van der Waals surface area contributed by atoms with Crippen molar-refractivity contribution in [3.8, 4) is 0 Å². The summed E-state index contributed by atoms with van der Waals surface area (Å²) in [5.74, 6) is -0.306. The van der Waals surface area contributed by atoms with E-state index in [4.69, 9.17) is 14.2 Å². The summed E-state index contributed by atoms with van der Waals surface area (Å²) in [6.45, 7) is 6.41. The van der Waals surface area contributed by atoms with Crippen LogP contribution in [0.4, 0.5) is 0 Å². The predicted octanol–water partition coefficient (Wildman–Crippen LogP) is 2.45. The van der Waals surface area contributed by atoms with Gasteiger partial charge in [0.25, 0.3) is 0 Å². The Morgan fingerprint density at radius 3 is 2.65 bits per heavy atom. The summed E-state index contributed by atoms with van der Waals surface area (Å²) in [4.78, 5) is 13.9. The van der Waals surface area contributed by atoms with Crippen LogP contribution in [-0.2, 0) is 20.8 Å². The van der Waals surface area contributed by atoms with Crippen LogP contribution in [-0.4, -0.2) is 50.1 Å².